The van der Waals surface area contributed by atoms with Gasteiger partial charge in [-0.25, -0.2) is 9.78 Å². The summed E-state index contributed by atoms with van der Waals surface area (Å²) in [6.07, 6.45) is 5.80. The van der Waals surface area contributed by atoms with Crippen molar-refractivity contribution in [2.45, 2.75) is 38.3 Å². The molecule has 1 aliphatic heterocycles. The zero-order valence-corrected chi connectivity index (χ0v) is 17.7. The summed E-state index contributed by atoms with van der Waals surface area (Å²) in [7, 11) is 0. The van der Waals surface area contributed by atoms with Crippen LogP contribution in [0.3, 0.4) is 0 Å². The molecular formula is C21H26Cl2N4O2. The maximum atomic E-state index is 12.1. The first-order valence-corrected chi connectivity index (χ1v) is 10.6. The van der Waals surface area contributed by atoms with Crippen molar-refractivity contribution in [2.75, 3.05) is 24.5 Å². The fourth-order valence-electron chi connectivity index (χ4n) is 3.36. The molecule has 1 unspecified atom stereocenters. The molecule has 0 bridgehead atoms. The lowest BCUT2D eigenvalue weighted by Gasteiger charge is -2.21. The number of carbonyl (C=O) groups is 1. The van der Waals surface area contributed by atoms with Gasteiger partial charge >= 0.3 is 6.03 Å². The van der Waals surface area contributed by atoms with E-state index in [1.54, 1.807) is 24.4 Å². The lowest BCUT2D eigenvalue weighted by atomic mass is 10.1. The van der Waals surface area contributed by atoms with Gasteiger partial charge < -0.3 is 20.6 Å². The Balaban J connectivity index is 1.48. The predicted molar refractivity (Wildman–Crippen MR) is 117 cm³/mol. The number of hydrogen-bond donors (Lipinski definition) is 3. The summed E-state index contributed by atoms with van der Waals surface area (Å²) in [6.45, 7) is 2.48. The van der Waals surface area contributed by atoms with Crippen molar-refractivity contribution in [3.8, 4) is 0 Å². The molecule has 3 N–H and O–H groups in total. The van der Waals surface area contributed by atoms with Gasteiger partial charge in [-0.3, -0.25) is 0 Å². The molecule has 0 radical (unpaired) electrons. The van der Waals surface area contributed by atoms with Crippen molar-refractivity contribution in [1.29, 1.82) is 0 Å². The molecule has 1 aromatic carbocycles. The number of nitrogens with one attached hydrogen (secondary N) is 2. The van der Waals surface area contributed by atoms with E-state index >= 15 is 0 Å². The smallest absolute Gasteiger partial charge is 0.315 e. The zero-order chi connectivity index (χ0) is 20.6. The van der Waals surface area contributed by atoms with Crippen LogP contribution in [0.2, 0.25) is 10.0 Å². The molecule has 29 heavy (non-hydrogen) atoms. The van der Waals surface area contributed by atoms with E-state index < -0.39 is 6.10 Å². The number of aliphatic hydroxyl groups is 1. The highest BCUT2D eigenvalue weighted by molar-refractivity contribution is 6.34. The number of hydrogen-bond acceptors (Lipinski definition) is 4. The van der Waals surface area contributed by atoms with Gasteiger partial charge in [-0.1, -0.05) is 36.0 Å². The maximum Gasteiger partial charge on any atom is 0.315 e. The second kappa shape index (κ2) is 10.7. The van der Waals surface area contributed by atoms with Gasteiger partial charge in [-0.15, -0.1) is 0 Å². The van der Waals surface area contributed by atoms with Crippen LogP contribution >= 0.6 is 23.2 Å². The predicted octanol–water partition coefficient (Wildman–Crippen LogP) is 4.30. The number of benzene rings is 1. The molecule has 1 atom stereocenters. The van der Waals surface area contributed by atoms with Crippen LogP contribution in [0.1, 0.15) is 42.9 Å². The number of aromatic nitrogens is 1. The molecule has 0 saturated carbocycles. The summed E-state index contributed by atoms with van der Waals surface area (Å²) in [4.78, 5) is 18.9. The van der Waals surface area contributed by atoms with Crippen molar-refractivity contribution >= 4 is 35.1 Å². The largest absolute Gasteiger partial charge is 0.387 e. The number of aliphatic hydroxyl groups excluding tert-OH is 1. The van der Waals surface area contributed by atoms with Crippen LogP contribution in [0.4, 0.5) is 10.6 Å². The lowest BCUT2D eigenvalue weighted by molar-refractivity contribution is 0.173. The second-order valence-corrected chi connectivity index (χ2v) is 8.08. The van der Waals surface area contributed by atoms with Crippen LogP contribution in [0.25, 0.3) is 0 Å². The SMILES string of the molecule is O=C(NCc1ccnc(N2CCCCCC2)c1)NCC(O)c1cc(Cl)cc(Cl)c1. The van der Waals surface area contributed by atoms with E-state index in [-0.39, 0.29) is 12.6 Å². The molecule has 0 aliphatic carbocycles. The number of nitrogens with zero attached hydrogens (tertiary/aromatic N) is 2. The third kappa shape index (κ3) is 6.77. The van der Waals surface area contributed by atoms with Gasteiger partial charge in [-0.2, -0.15) is 0 Å². The Labute approximate surface area is 181 Å². The molecule has 2 amide bonds. The normalized spacial score (nSPS) is 15.5. The summed E-state index contributed by atoms with van der Waals surface area (Å²) < 4.78 is 0. The fourth-order valence-corrected chi connectivity index (χ4v) is 3.91. The minimum absolute atomic E-state index is 0.0534. The topological polar surface area (TPSA) is 77.5 Å². The highest BCUT2D eigenvalue weighted by Gasteiger charge is 2.13. The first kappa shape index (κ1) is 21.7. The van der Waals surface area contributed by atoms with Crippen LogP contribution in [0, 0.1) is 0 Å². The number of halogens is 2. The highest BCUT2D eigenvalue weighted by atomic mass is 35.5. The number of pyridine rings is 1. The Morgan fingerprint density at radius 3 is 2.45 bits per heavy atom. The zero-order valence-electron chi connectivity index (χ0n) is 16.2. The van der Waals surface area contributed by atoms with Crippen molar-refractivity contribution in [3.63, 3.8) is 0 Å². The Hall–Kier alpha value is -2.02. The minimum Gasteiger partial charge on any atom is -0.387 e. The molecule has 8 heteroatoms. The van der Waals surface area contributed by atoms with Crippen molar-refractivity contribution < 1.29 is 9.90 Å². The molecule has 2 aromatic rings. The molecule has 1 aliphatic rings. The molecule has 6 nitrogen and oxygen atoms in total. The van der Waals surface area contributed by atoms with E-state index in [9.17, 15) is 9.90 Å². The average Bonchev–Trinajstić information content (AvgIpc) is 2.99. The summed E-state index contributed by atoms with van der Waals surface area (Å²) in [6, 6.07) is 8.40. The van der Waals surface area contributed by atoms with Gasteiger partial charge in [0.25, 0.3) is 0 Å². The van der Waals surface area contributed by atoms with Crippen molar-refractivity contribution in [3.05, 3.63) is 57.7 Å². The molecule has 1 fully saturated rings. The summed E-state index contributed by atoms with van der Waals surface area (Å²) in [5.41, 5.74) is 1.54. The maximum absolute atomic E-state index is 12.1. The average molecular weight is 437 g/mol. The van der Waals surface area contributed by atoms with Gasteiger partial charge in [0.2, 0.25) is 0 Å². The third-order valence-electron chi connectivity index (χ3n) is 4.92. The quantitative estimate of drug-likeness (QED) is 0.630. The first-order valence-electron chi connectivity index (χ1n) is 9.87. The summed E-state index contributed by atoms with van der Waals surface area (Å²) in [5.74, 6) is 0.958. The molecule has 2 heterocycles. The van der Waals surface area contributed by atoms with E-state index in [0.29, 0.717) is 22.2 Å². The van der Waals surface area contributed by atoms with E-state index in [1.807, 2.05) is 12.1 Å². The van der Waals surface area contributed by atoms with E-state index in [4.69, 9.17) is 23.2 Å². The van der Waals surface area contributed by atoms with Crippen LogP contribution in [0.15, 0.2) is 36.5 Å². The van der Waals surface area contributed by atoms with E-state index in [0.717, 1.165) is 24.5 Å². The number of carbonyl (C=O) groups excluding carboxylic acids is 1. The summed E-state index contributed by atoms with van der Waals surface area (Å²) >= 11 is 11.9. The van der Waals surface area contributed by atoms with Gasteiger partial charge in [0.1, 0.15) is 5.82 Å². The summed E-state index contributed by atoms with van der Waals surface area (Å²) in [5, 5.41) is 16.6. The van der Waals surface area contributed by atoms with Gasteiger partial charge in [0, 0.05) is 42.4 Å². The Kier molecular flexibility index (Phi) is 7.98. The van der Waals surface area contributed by atoms with Gasteiger partial charge in [0.05, 0.1) is 6.10 Å². The van der Waals surface area contributed by atoms with Crippen molar-refractivity contribution in [1.82, 2.24) is 15.6 Å². The Morgan fingerprint density at radius 1 is 1.07 bits per heavy atom. The van der Waals surface area contributed by atoms with Gasteiger partial charge in [0.15, 0.2) is 0 Å². The number of amides is 2. The fraction of sp³-hybridized carbons (Fsp3) is 0.429. The van der Waals surface area contributed by atoms with Crippen LogP contribution in [0.5, 0.6) is 0 Å². The number of rotatable bonds is 6. The standard InChI is InChI=1S/C21H26Cl2N4O2/c22-17-10-16(11-18(23)12-17)19(28)14-26-21(29)25-13-15-5-6-24-20(9-15)27-7-3-1-2-4-8-27/h5-6,9-12,19,28H,1-4,7-8,13-14H2,(H2,25,26,29). The number of anilines is 1. The molecular weight excluding hydrogens is 411 g/mol. The highest BCUT2D eigenvalue weighted by Crippen LogP contribution is 2.23. The van der Waals surface area contributed by atoms with Crippen LogP contribution in [-0.4, -0.2) is 35.8 Å². The lowest BCUT2D eigenvalue weighted by Crippen LogP contribution is -2.37. The van der Waals surface area contributed by atoms with Crippen LogP contribution in [-0.2, 0) is 6.54 Å². The molecule has 1 saturated heterocycles. The Morgan fingerprint density at radius 2 is 1.76 bits per heavy atom. The van der Waals surface area contributed by atoms with Gasteiger partial charge in [-0.05, 0) is 54.3 Å². The van der Waals surface area contributed by atoms with E-state index in [1.165, 1.54) is 25.7 Å². The number of urea groups is 1. The monoisotopic (exact) mass is 436 g/mol. The molecule has 3 rings (SSSR count). The second-order valence-electron chi connectivity index (χ2n) is 7.21. The van der Waals surface area contributed by atoms with E-state index in [2.05, 4.69) is 20.5 Å². The Bertz CT molecular complexity index is 806. The minimum atomic E-state index is -0.896. The first-order chi connectivity index (χ1) is 14.0. The third-order valence-corrected chi connectivity index (χ3v) is 5.36. The van der Waals surface area contributed by atoms with Crippen LogP contribution < -0.4 is 15.5 Å². The molecule has 156 valence electrons. The molecule has 1 aromatic heterocycles. The van der Waals surface area contributed by atoms with Crippen molar-refractivity contribution in [2.24, 2.45) is 0 Å². The molecule has 0 spiro atoms.